The Morgan fingerprint density at radius 3 is 1.25 bits per heavy atom. The maximum atomic E-state index is 10.9. The molecule has 10 fully saturated rings. The third-order valence-electron chi connectivity index (χ3n) is 27.0. The van der Waals surface area contributed by atoms with Gasteiger partial charge in [-0.05, 0) is 257 Å². The van der Waals surface area contributed by atoms with Crippen molar-refractivity contribution in [3.05, 3.63) is 11.1 Å². The average molecular weight is 870 g/mol. The van der Waals surface area contributed by atoms with E-state index in [1.165, 1.54) is 140 Å². The van der Waals surface area contributed by atoms with Gasteiger partial charge in [-0.3, -0.25) is 0 Å². The minimum Gasteiger partial charge on any atom is -0.393 e. The number of allylic oxidation sites excluding steroid dienone is 2. The molecule has 63 heavy (non-hydrogen) atoms. The van der Waals surface area contributed by atoms with Gasteiger partial charge in [-0.25, -0.2) is 0 Å². The normalized spacial score (nSPS) is 52.5. The van der Waals surface area contributed by atoms with Gasteiger partial charge in [0.15, 0.2) is 0 Å². The Hall–Kier alpha value is -0.340. The molecule has 0 aromatic heterocycles. The largest absolute Gasteiger partial charge is 0.393 e. The average Bonchev–Trinajstić information content (AvgIpc) is 4.02. The van der Waals surface area contributed by atoms with Crippen LogP contribution in [0.15, 0.2) is 11.1 Å². The van der Waals surface area contributed by atoms with E-state index < -0.39 is 0 Å². The zero-order chi connectivity index (χ0) is 45.8. The molecule has 0 radical (unpaired) electrons. The summed E-state index contributed by atoms with van der Waals surface area (Å²) in [6.45, 7) is 37.4. The first-order chi connectivity index (χ1) is 29.3. The van der Waals surface area contributed by atoms with Crippen molar-refractivity contribution in [1.29, 1.82) is 0 Å². The van der Waals surface area contributed by atoms with Crippen LogP contribution >= 0.6 is 0 Å². The molecule has 2 nitrogen and oxygen atoms in total. The summed E-state index contributed by atoms with van der Waals surface area (Å²) in [5.74, 6) is 7.86. The Balaban J connectivity index is 0.000000160. The van der Waals surface area contributed by atoms with Gasteiger partial charge in [0, 0.05) is 0 Å². The molecule has 0 saturated heterocycles. The SMILES string of the molecule is CC(C)=C(C)CCC(C)C1CCC2(C)C3CCC4C(C)(C)C(O)CCC45CC35CCC12C.CC(C)CCCC(C)C1CCC2(C)C3CCC4C(C)(C)C(O)CCC45CC35CCC12C. The minimum atomic E-state index is -0.0854. The highest BCUT2D eigenvalue weighted by molar-refractivity contribution is 5.32. The maximum Gasteiger partial charge on any atom is 0.0594 e. The number of aliphatic hydroxyl groups excluding tert-OH is 2. The molecule has 10 aliphatic carbocycles. The van der Waals surface area contributed by atoms with Gasteiger partial charge in [0.1, 0.15) is 0 Å². The Morgan fingerprint density at radius 1 is 0.444 bits per heavy atom. The van der Waals surface area contributed by atoms with Crippen LogP contribution < -0.4 is 0 Å². The Bertz CT molecular complexity index is 1770. The summed E-state index contributed by atoms with van der Waals surface area (Å²) in [6.07, 6.45) is 32.0. The third-order valence-corrected chi connectivity index (χ3v) is 27.0. The molecular weight excluding hydrogens is 765 g/mol. The van der Waals surface area contributed by atoms with E-state index in [0.717, 1.165) is 66.1 Å². The molecule has 18 unspecified atom stereocenters. The fourth-order valence-corrected chi connectivity index (χ4v) is 22.5. The molecule has 0 heterocycles. The molecule has 360 valence electrons. The van der Waals surface area contributed by atoms with Gasteiger partial charge >= 0.3 is 0 Å². The quantitative estimate of drug-likeness (QED) is 0.227. The molecule has 0 bridgehead atoms. The number of fused-ring (bicyclic) bond motifs is 4. The third kappa shape index (κ3) is 6.30. The first-order valence-electron chi connectivity index (χ1n) is 28.3. The van der Waals surface area contributed by atoms with Crippen LogP contribution in [0.5, 0.6) is 0 Å². The van der Waals surface area contributed by atoms with Crippen molar-refractivity contribution >= 4 is 0 Å². The Kier molecular flexibility index (Phi) is 11.6. The predicted molar refractivity (Wildman–Crippen MR) is 266 cm³/mol. The smallest absolute Gasteiger partial charge is 0.0594 e. The molecule has 18 atom stereocenters. The van der Waals surface area contributed by atoms with Gasteiger partial charge in [-0.1, -0.05) is 113 Å². The van der Waals surface area contributed by atoms with Gasteiger partial charge in [0.05, 0.1) is 12.2 Å². The molecular formula is C61H104O2. The molecule has 10 saturated carbocycles. The van der Waals surface area contributed by atoms with E-state index in [2.05, 4.69) is 104 Å². The second-order valence-electron chi connectivity index (χ2n) is 29.7. The summed E-state index contributed by atoms with van der Waals surface area (Å²) in [6, 6.07) is 0. The van der Waals surface area contributed by atoms with E-state index in [-0.39, 0.29) is 23.0 Å². The lowest BCUT2D eigenvalue weighted by Crippen LogP contribution is -2.57. The van der Waals surface area contributed by atoms with Crippen molar-refractivity contribution in [2.24, 2.45) is 107 Å². The summed E-state index contributed by atoms with van der Waals surface area (Å²) < 4.78 is 0. The zero-order valence-electron chi connectivity index (χ0n) is 44.5. The Morgan fingerprint density at radius 2 is 0.841 bits per heavy atom. The second-order valence-corrected chi connectivity index (χ2v) is 29.7. The van der Waals surface area contributed by atoms with Crippen LogP contribution in [0.25, 0.3) is 0 Å². The van der Waals surface area contributed by atoms with Crippen LogP contribution in [0.3, 0.4) is 0 Å². The first kappa shape index (κ1) is 47.7. The fourth-order valence-electron chi connectivity index (χ4n) is 22.5. The van der Waals surface area contributed by atoms with Crippen molar-refractivity contribution in [3.63, 3.8) is 0 Å². The van der Waals surface area contributed by atoms with Crippen LogP contribution in [0, 0.1) is 107 Å². The van der Waals surface area contributed by atoms with Crippen LogP contribution in [0.1, 0.15) is 252 Å². The number of rotatable bonds is 9. The zero-order valence-corrected chi connectivity index (χ0v) is 44.5. The van der Waals surface area contributed by atoms with Gasteiger partial charge in [0.25, 0.3) is 0 Å². The van der Waals surface area contributed by atoms with Crippen LogP contribution in [0.4, 0.5) is 0 Å². The van der Waals surface area contributed by atoms with Gasteiger partial charge in [-0.15, -0.1) is 0 Å². The van der Waals surface area contributed by atoms with Crippen molar-refractivity contribution in [2.75, 3.05) is 0 Å². The lowest BCUT2D eigenvalue weighted by molar-refractivity contribution is -0.161. The fraction of sp³-hybridized carbons (Fsp3) is 0.967. The number of hydrogen-bond acceptors (Lipinski definition) is 2. The van der Waals surface area contributed by atoms with Crippen LogP contribution in [0.2, 0.25) is 0 Å². The van der Waals surface area contributed by atoms with E-state index in [0.29, 0.717) is 43.3 Å². The lowest BCUT2D eigenvalue weighted by Gasteiger charge is -2.63. The maximum absolute atomic E-state index is 10.9. The predicted octanol–water partition coefficient (Wildman–Crippen LogP) is 16.8. The topological polar surface area (TPSA) is 40.5 Å². The summed E-state index contributed by atoms with van der Waals surface area (Å²) in [7, 11) is 0. The van der Waals surface area contributed by atoms with E-state index in [1.54, 1.807) is 5.57 Å². The summed E-state index contributed by atoms with van der Waals surface area (Å²) >= 11 is 0. The standard InChI is InChI=1S/C31H52O.C30H52O/c1-20(2)21(3)9-10-22(4)23-13-15-29(8)25-12-11-24-27(5,6)26(32)14-16-30(24)19-31(25,30)18-17-28(23,29)7;1-20(2)9-8-10-21(3)22-13-15-28(7)24-12-11-23-26(4,5)25(31)14-16-29(23)19-30(24,29)18-17-27(22,28)6/h22-26,32H,9-19H2,1-8H3;20-25,31H,8-19H2,1-7H3. The molecule has 0 amide bonds. The van der Waals surface area contributed by atoms with Crippen molar-refractivity contribution in [1.82, 2.24) is 0 Å². The first-order valence-corrected chi connectivity index (χ1v) is 28.3. The highest BCUT2D eigenvalue weighted by atomic mass is 16.3. The Labute approximate surface area is 390 Å². The van der Waals surface area contributed by atoms with Crippen LogP contribution in [-0.2, 0) is 0 Å². The van der Waals surface area contributed by atoms with Gasteiger partial charge in [-0.2, -0.15) is 0 Å². The molecule has 2 heteroatoms. The highest BCUT2D eigenvalue weighted by Crippen LogP contribution is 2.90. The van der Waals surface area contributed by atoms with E-state index in [1.807, 2.05) is 0 Å². The van der Waals surface area contributed by atoms with E-state index in [9.17, 15) is 10.2 Å². The monoisotopic (exact) mass is 869 g/mol. The molecule has 0 aliphatic heterocycles. The summed E-state index contributed by atoms with van der Waals surface area (Å²) in [5.41, 5.74) is 7.97. The van der Waals surface area contributed by atoms with Crippen LogP contribution in [-0.4, -0.2) is 22.4 Å². The van der Waals surface area contributed by atoms with Gasteiger partial charge < -0.3 is 10.2 Å². The molecule has 10 aliphatic rings. The van der Waals surface area contributed by atoms with E-state index >= 15 is 0 Å². The molecule has 4 spiro atoms. The van der Waals surface area contributed by atoms with Crippen molar-refractivity contribution < 1.29 is 10.2 Å². The highest BCUT2D eigenvalue weighted by Gasteiger charge is 2.83. The van der Waals surface area contributed by atoms with Crippen molar-refractivity contribution in [3.8, 4) is 0 Å². The van der Waals surface area contributed by atoms with E-state index in [4.69, 9.17) is 0 Å². The second kappa shape index (κ2) is 15.3. The summed E-state index contributed by atoms with van der Waals surface area (Å²) in [5, 5.41) is 21.7. The lowest BCUT2D eigenvalue weighted by atomic mass is 9.41. The van der Waals surface area contributed by atoms with Crippen molar-refractivity contribution in [2.45, 2.75) is 264 Å². The molecule has 2 N–H and O–H groups in total. The molecule has 10 rings (SSSR count). The minimum absolute atomic E-state index is 0.0793. The molecule has 0 aromatic rings. The summed E-state index contributed by atoms with van der Waals surface area (Å²) in [4.78, 5) is 0. The number of hydrogen-bond donors (Lipinski definition) is 2. The molecule has 0 aromatic carbocycles. The number of aliphatic hydroxyl groups is 2. The van der Waals surface area contributed by atoms with Gasteiger partial charge in [0.2, 0.25) is 0 Å².